The predicted octanol–water partition coefficient (Wildman–Crippen LogP) is 0.896. The molecule has 2 unspecified atom stereocenters. The van der Waals surface area contributed by atoms with Crippen LogP contribution < -0.4 is 11.1 Å². The summed E-state index contributed by atoms with van der Waals surface area (Å²) in [7, 11) is 0. The topological polar surface area (TPSA) is 75.4 Å². The third-order valence-electron chi connectivity index (χ3n) is 2.38. The molecule has 0 fully saturated rings. The number of nitrogens with one attached hydrogen (secondary N) is 1. The molecule has 0 aromatic heterocycles. The van der Waals surface area contributed by atoms with Gasteiger partial charge in [0.2, 0.25) is 5.91 Å². The number of aliphatic hydroxyl groups excluding tert-OH is 1. The summed E-state index contributed by atoms with van der Waals surface area (Å²) in [6.45, 7) is 3.13. The van der Waals surface area contributed by atoms with Gasteiger partial charge in [-0.05, 0) is 25.0 Å². The maximum absolute atomic E-state index is 9.36. The van der Waals surface area contributed by atoms with Crippen LogP contribution in [0.15, 0.2) is 24.3 Å². The molecule has 2 atom stereocenters. The molecule has 4 nitrogen and oxygen atoms in total. The van der Waals surface area contributed by atoms with Crippen LogP contribution in [0, 0.1) is 0 Å². The van der Waals surface area contributed by atoms with Crippen molar-refractivity contribution in [1.29, 1.82) is 0 Å². The number of fused-ring (bicyclic) bond motifs is 1. The third-order valence-corrected chi connectivity index (χ3v) is 2.38. The third kappa shape index (κ3) is 3.55. The molecule has 0 bridgehead atoms. The molecule has 4 N–H and O–H groups in total. The van der Waals surface area contributed by atoms with Gasteiger partial charge in [-0.25, -0.2) is 0 Å². The van der Waals surface area contributed by atoms with Crippen molar-refractivity contribution in [3.8, 4) is 0 Å². The minimum atomic E-state index is -0.333. The molecule has 1 aromatic carbocycles. The van der Waals surface area contributed by atoms with E-state index in [1.54, 1.807) is 0 Å². The van der Waals surface area contributed by atoms with Crippen LogP contribution in [0.4, 0.5) is 5.69 Å². The Kier molecular flexibility index (Phi) is 4.31. The zero-order chi connectivity index (χ0) is 12.1. The molecule has 1 heterocycles. The standard InChI is InChI=1S/C10H13NO.C2H5NO/c1-7(12)10-6-8-4-2-3-5-9(8)11-10;1-2(3)4/h2-5,7,10-12H,6H2,1H3;1H3,(H2,3,4). The van der Waals surface area contributed by atoms with Gasteiger partial charge in [0.05, 0.1) is 12.1 Å². The normalized spacial score (nSPS) is 18.8. The molecule has 4 heteroatoms. The van der Waals surface area contributed by atoms with Crippen LogP contribution in [-0.2, 0) is 11.2 Å². The number of rotatable bonds is 1. The monoisotopic (exact) mass is 222 g/mol. The molecule has 0 spiro atoms. The van der Waals surface area contributed by atoms with E-state index in [1.165, 1.54) is 18.2 Å². The lowest BCUT2D eigenvalue weighted by Gasteiger charge is -2.13. The van der Waals surface area contributed by atoms with Crippen molar-refractivity contribution in [2.45, 2.75) is 32.4 Å². The molecule has 0 saturated heterocycles. The van der Waals surface area contributed by atoms with Gasteiger partial charge in [0.25, 0.3) is 0 Å². The second-order valence-corrected chi connectivity index (χ2v) is 3.96. The number of benzene rings is 1. The number of primary amides is 1. The molecule has 1 aliphatic heterocycles. The first-order valence-electron chi connectivity index (χ1n) is 5.29. The van der Waals surface area contributed by atoms with E-state index in [0.29, 0.717) is 0 Å². The van der Waals surface area contributed by atoms with E-state index in [2.05, 4.69) is 23.2 Å². The first kappa shape index (κ1) is 12.5. The highest BCUT2D eigenvalue weighted by Gasteiger charge is 2.23. The van der Waals surface area contributed by atoms with Gasteiger partial charge in [0.1, 0.15) is 0 Å². The van der Waals surface area contributed by atoms with Gasteiger partial charge >= 0.3 is 0 Å². The minimum Gasteiger partial charge on any atom is -0.391 e. The van der Waals surface area contributed by atoms with Gasteiger partial charge in [-0.2, -0.15) is 0 Å². The predicted molar refractivity (Wildman–Crippen MR) is 64.1 cm³/mol. The Labute approximate surface area is 95.5 Å². The average Bonchev–Trinajstić information content (AvgIpc) is 2.59. The van der Waals surface area contributed by atoms with Gasteiger partial charge in [-0.15, -0.1) is 0 Å². The maximum atomic E-state index is 9.36. The summed E-state index contributed by atoms with van der Waals surface area (Å²) in [5.74, 6) is -0.333. The molecule has 1 aromatic rings. The molecule has 1 amide bonds. The molecule has 0 aliphatic carbocycles. The fourth-order valence-corrected chi connectivity index (χ4v) is 1.62. The van der Waals surface area contributed by atoms with E-state index >= 15 is 0 Å². The van der Waals surface area contributed by atoms with E-state index < -0.39 is 0 Å². The summed E-state index contributed by atoms with van der Waals surface area (Å²) in [6.07, 6.45) is 0.658. The molecule has 2 rings (SSSR count). The van der Waals surface area contributed by atoms with E-state index in [-0.39, 0.29) is 18.1 Å². The highest BCUT2D eigenvalue weighted by atomic mass is 16.3. The Balaban J connectivity index is 0.000000280. The van der Waals surface area contributed by atoms with Crippen LogP contribution in [0.25, 0.3) is 0 Å². The lowest BCUT2D eigenvalue weighted by Crippen LogP contribution is -2.28. The highest BCUT2D eigenvalue weighted by Crippen LogP contribution is 2.26. The molecular weight excluding hydrogens is 204 g/mol. The highest BCUT2D eigenvalue weighted by molar-refractivity contribution is 5.70. The number of nitrogens with two attached hydrogens (primary N) is 1. The van der Waals surface area contributed by atoms with Gasteiger partial charge in [0, 0.05) is 12.6 Å². The maximum Gasteiger partial charge on any atom is 0.214 e. The SMILES string of the molecule is CC(N)=O.CC(O)C1Cc2ccccc2N1. The molecular formula is C12H18N2O2. The van der Waals surface area contributed by atoms with Crippen LogP contribution in [-0.4, -0.2) is 23.2 Å². The number of amides is 1. The number of carbonyl (C=O) groups excluding carboxylic acids is 1. The number of hydrogen-bond acceptors (Lipinski definition) is 3. The summed E-state index contributed by atoms with van der Waals surface area (Å²) >= 11 is 0. The zero-order valence-corrected chi connectivity index (χ0v) is 9.60. The summed E-state index contributed by atoms with van der Waals surface area (Å²) < 4.78 is 0. The number of para-hydroxylation sites is 1. The number of carbonyl (C=O) groups is 1. The van der Waals surface area contributed by atoms with Crippen molar-refractivity contribution in [3.63, 3.8) is 0 Å². The Morgan fingerprint density at radius 2 is 2.12 bits per heavy atom. The minimum absolute atomic E-state index is 0.197. The number of aliphatic hydroxyl groups is 1. The van der Waals surface area contributed by atoms with E-state index in [0.717, 1.165) is 6.42 Å². The average molecular weight is 222 g/mol. The fraction of sp³-hybridized carbons (Fsp3) is 0.417. The largest absolute Gasteiger partial charge is 0.391 e. The Hall–Kier alpha value is -1.55. The summed E-state index contributed by atoms with van der Waals surface area (Å²) in [4.78, 5) is 9.22. The van der Waals surface area contributed by atoms with Crippen LogP contribution in [0.1, 0.15) is 19.4 Å². The Bertz CT molecular complexity index is 335. The zero-order valence-electron chi connectivity index (χ0n) is 9.60. The number of anilines is 1. The molecule has 16 heavy (non-hydrogen) atoms. The Morgan fingerprint density at radius 1 is 1.56 bits per heavy atom. The van der Waals surface area contributed by atoms with Crippen molar-refractivity contribution in [2.75, 3.05) is 5.32 Å². The molecule has 1 aliphatic rings. The van der Waals surface area contributed by atoms with Crippen molar-refractivity contribution < 1.29 is 9.90 Å². The van der Waals surface area contributed by atoms with Gasteiger partial charge < -0.3 is 16.2 Å². The molecule has 0 saturated carbocycles. The van der Waals surface area contributed by atoms with Crippen LogP contribution in [0.5, 0.6) is 0 Å². The quantitative estimate of drug-likeness (QED) is 0.660. The molecule has 0 radical (unpaired) electrons. The van der Waals surface area contributed by atoms with E-state index in [9.17, 15) is 9.90 Å². The van der Waals surface area contributed by atoms with Gasteiger partial charge in [-0.3, -0.25) is 4.79 Å². The van der Waals surface area contributed by atoms with E-state index in [4.69, 9.17) is 0 Å². The first-order valence-corrected chi connectivity index (χ1v) is 5.29. The lowest BCUT2D eigenvalue weighted by molar-refractivity contribution is -0.115. The Morgan fingerprint density at radius 3 is 2.62 bits per heavy atom. The second kappa shape index (κ2) is 5.51. The van der Waals surface area contributed by atoms with Crippen molar-refractivity contribution in [1.82, 2.24) is 0 Å². The van der Waals surface area contributed by atoms with Gasteiger partial charge in [0.15, 0.2) is 0 Å². The van der Waals surface area contributed by atoms with Gasteiger partial charge in [-0.1, -0.05) is 18.2 Å². The summed E-state index contributed by atoms with van der Waals surface area (Å²) in [5, 5.41) is 12.6. The van der Waals surface area contributed by atoms with Crippen molar-refractivity contribution in [3.05, 3.63) is 29.8 Å². The fourth-order valence-electron chi connectivity index (χ4n) is 1.62. The molecule has 88 valence electrons. The smallest absolute Gasteiger partial charge is 0.214 e. The number of hydrogen-bond donors (Lipinski definition) is 3. The second-order valence-electron chi connectivity index (χ2n) is 3.96. The van der Waals surface area contributed by atoms with Crippen molar-refractivity contribution >= 4 is 11.6 Å². The van der Waals surface area contributed by atoms with Crippen LogP contribution in [0.2, 0.25) is 0 Å². The van der Waals surface area contributed by atoms with Crippen LogP contribution in [0.3, 0.4) is 0 Å². The van der Waals surface area contributed by atoms with Crippen LogP contribution >= 0.6 is 0 Å². The summed E-state index contributed by atoms with van der Waals surface area (Å²) in [6, 6.07) is 8.39. The summed E-state index contributed by atoms with van der Waals surface area (Å²) in [5.41, 5.74) is 6.95. The van der Waals surface area contributed by atoms with Crippen molar-refractivity contribution in [2.24, 2.45) is 5.73 Å². The first-order chi connectivity index (χ1) is 7.50. The lowest BCUT2D eigenvalue weighted by atomic mass is 10.1. The van der Waals surface area contributed by atoms with E-state index in [1.807, 2.05) is 19.1 Å².